The van der Waals surface area contributed by atoms with Gasteiger partial charge >= 0.3 is 0 Å². The molecule has 0 saturated heterocycles. The van der Waals surface area contributed by atoms with Crippen LogP contribution in [0.15, 0.2) is 58.7 Å². The Morgan fingerprint density at radius 1 is 1.12 bits per heavy atom. The topological polar surface area (TPSA) is 72.0 Å². The summed E-state index contributed by atoms with van der Waals surface area (Å²) in [7, 11) is -3.79. The van der Waals surface area contributed by atoms with E-state index in [0.717, 1.165) is 16.9 Å². The van der Waals surface area contributed by atoms with Crippen LogP contribution in [0.3, 0.4) is 0 Å². The smallest absolute Gasteiger partial charge is 0.226 e. The van der Waals surface area contributed by atoms with Gasteiger partial charge in [0, 0.05) is 24.0 Å². The summed E-state index contributed by atoms with van der Waals surface area (Å²) in [5.74, 6) is 0. The molecule has 0 fully saturated rings. The number of halogens is 2. The van der Waals surface area contributed by atoms with Gasteiger partial charge in [0.2, 0.25) is 9.84 Å². The van der Waals surface area contributed by atoms with Crippen LogP contribution in [0.1, 0.15) is 5.56 Å². The largest absolute Gasteiger partial charge is 0.357 e. The average Bonchev–Trinajstić information content (AvgIpc) is 2.96. The molecular formula is C15H11Cl2N3O2S2. The van der Waals surface area contributed by atoms with Crippen LogP contribution in [-0.2, 0) is 16.4 Å². The summed E-state index contributed by atoms with van der Waals surface area (Å²) in [4.78, 5) is 8.24. The molecule has 0 atom stereocenters. The van der Waals surface area contributed by atoms with Crippen molar-refractivity contribution in [3.8, 4) is 0 Å². The molecule has 0 aliphatic rings. The highest BCUT2D eigenvalue weighted by Crippen LogP contribution is 2.34. The molecular weight excluding hydrogens is 389 g/mol. The van der Waals surface area contributed by atoms with Crippen molar-refractivity contribution in [1.82, 2.24) is 9.97 Å². The predicted molar refractivity (Wildman–Crippen MR) is 95.6 cm³/mol. The van der Waals surface area contributed by atoms with Crippen molar-refractivity contribution in [1.29, 1.82) is 0 Å². The third-order valence-electron chi connectivity index (χ3n) is 3.10. The summed E-state index contributed by atoms with van der Waals surface area (Å²) in [6.45, 7) is 0.470. The van der Waals surface area contributed by atoms with Gasteiger partial charge in [0.05, 0.1) is 4.90 Å². The molecule has 0 radical (unpaired) electrons. The standard InChI is InChI=1S/C15H11Cl2N3O2S2/c16-11-3-5-12(6-4-11)24(21,22)14-13(17)23-15(20-14)19-9-10-2-1-7-18-8-10/h1-8H,9H2,(H,19,20). The molecule has 5 nitrogen and oxygen atoms in total. The van der Waals surface area contributed by atoms with Crippen LogP contribution in [0.25, 0.3) is 0 Å². The zero-order valence-corrected chi connectivity index (χ0v) is 15.3. The van der Waals surface area contributed by atoms with Crippen molar-refractivity contribution in [2.75, 3.05) is 5.32 Å². The van der Waals surface area contributed by atoms with Gasteiger partial charge in [-0.3, -0.25) is 4.98 Å². The fourth-order valence-electron chi connectivity index (χ4n) is 1.93. The molecule has 1 aromatic carbocycles. The zero-order chi connectivity index (χ0) is 17.2. The molecule has 0 unspecified atom stereocenters. The minimum Gasteiger partial charge on any atom is -0.357 e. The first-order valence-corrected chi connectivity index (χ1v) is 9.82. The fourth-order valence-corrected chi connectivity index (χ4v) is 4.86. The van der Waals surface area contributed by atoms with Crippen LogP contribution >= 0.6 is 34.5 Å². The number of nitrogens with zero attached hydrogens (tertiary/aromatic N) is 2. The SMILES string of the molecule is O=S(=O)(c1ccc(Cl)cc1)c1nc(NCc2cccnc2)sc1Cl. The molecule has 2 aromatic heterocycles. The quantitative estimate of drug-likeness (QED) is 0.692. The molecule has 0 saturated carbocycles. The van der Waals surface area contributed by atoms with Crippen LogP contribution in [0, 0.1) is 0 Å². The molecule has 124 valence electrons. The van der Waals surface area contributed by atoms with Gasteiger partial charge in [-0.05, 0) is 35.9 Å². The maximum absolute atomic E-state index is 12.6. The van der Waals surface area contributed by atoms with Crippen LogP contribution in [-0.4, -0.2) is 18.4 Å². The molecule has 0 bridgehead atoms. The molecule has 0 amide bonds. The Kier molecular flexibility index (Phi) is 5.05. The molecule has 0 spiro atoms. The number of benzene rings is 1. The van der Waals surface area contributed by atoms with Crippen molar-refractivity contribution in [3.05, 3.63) is 63.7 Å². The Morgan fingerprint density at radius 3 is 2.54 bits per heavy atom. The normalized spacial score (nSPS) is 11.4. The summed E-state index contributed by atoms with van der Waals surface area (Å²) in [6, 6.07) is 9.60. The number of pyridine rings is 1. The van der Waals surface area contributed by atoms with Crippen LogP contribution in [0.5, 0.6) is 0 Å². The molecule has 0 aliphatic heterocycles. The molecule has 1 N–H and O–H groups in total. The Bertz CT molecular complexity index is 943. The second kappa shape index (κ2) is 7.06. The van der Waals surface area contributed by atoms with Gasteiger partial charge in [0.1, 0.15) is 4.34 Å². The Labute approximate surface area is 153 Å². The first-order valence-electron chi connectivity index (χ1n) is 6.76. The third-order valence-corrected chi connectivity index (χ3v) is 6.51. The van der Waals surface area contributed by atoms with Gasteiger partial charge in [0.25, 0.3) is 0 Å². The number of aromatic nitrogens is 2. The number of anilines is 1. The van der Waals surface area contributed by atoms with E-state index < -0.39 is 9.84 Å². The monoisotopic (exact) mass is 399 g/mol. The van der Waals surface area contributed by atoms with E-state index in [-0.39, 0.29) is 14.3 Å². The first kappa shape index (κ1) is 17.2. The number of nitrogens with one attached hydrogen (secondary N) is 1. The van der Waals surface area contributed by atoms with Gasteiger partial charge in [-0.15, -0.1) is 0 Å². The Hall–Kier alpha value is -1.67. The van der Waals surface area contributed by atoms with Crippen molar-refractivity contribution < 1.29 is 8.42 Å². The fraction of sp³-hybridized carbons (Fsp3) is 0.0667. The van der Waals surface area contributed by atoms with E-state index in [2.05, 4.69) is 15.3 Å². The maximum Gasteiger partial charge on any atom is 0.226 e. The summed E-state index contributed by atoms with van der Waals surface area (Å²) < 4.78 is 25.4. The predicted octanol–water partition coefficient (Wildman–Crippen LogP) is 4.29. The number of hydrogen-bond acceptors (Lipinski definition) is 6. The minimum atomic E-state index is -3.79. The lowest BCUT2D eigenvalue weighted by atomic mass is 10.3. The van der Waals surface area contributed by atoms with Crippen molar-refractivity contribution in [2.24, 2.45) is 0 Å². The average molecular weight is 400 g/mol. The summed E-state index contributed by atoms with van der Waals surface area (Å²) in [6.07, 6.45) is 3.40. The molecule has 3 aromatic rings. The summed E-state index contributed by atoms with van der Waals surface area (Å²) in [5.41, 5.74) is 0.950. The molecule has 3 rings (SSSR count). The van der Waals surface area contributed by atoms with E-state index in [9.17, 15) is 8.42 Å². The van der Waals surface area contributed by atoms with E-state index in [1.54, 1.807) is 12.4 Å². The lowest BCUT2D eigenvalue weighted by Gasteiger charge is -2.03. The first-order chi connectivity index (χ1) is 11.5. The highest BCUT2D eigenvalue weighted by Gasteiger charge is 2.25. The van der Waals surface area contributed by atoms with Crippen LogP contribution < -0.4 is 5.32 Å². The highest BCUT2D eigenvalue weighted by molar-refractivity contribution is 7.91. The molecule has 24 heavy (non-hydrogen) atoms. The van der Waals surface area contributed by atoms with Gasteiger partial charge < -0.3 is 5.32 Å². The van der Waals surface area contributed by atoms with E-state index in [4.69, 9.17) is 23.2 Å². The van der Waals surface area contributed by atoms with Gasteiger partial charge in [0.15, 0.2) is 10.2 Å². The van der Waals surface area contributed by atoms with Gasteiger partial charge in [-0.1, -0.05) is 40.6 Å². The van der Waals surface area contributed by atoms with E-state index >= 15 is 0 Å². The van der Waals surface area contributed by atoms with E-state index in [0.29, 0.717) is 16.7 Å². The lowest BCUT2D eigenvalue weighted by molar-refractivity contribution is 0.593. The number of sulfone groups is 1. The second-order valence-electron chi connectivity index (χ2n) is 4.77. The Morgan fingerprint density at radius 2 is 1.88 bits per heavy atom. The molecule has 2 heterocycles. The van der Waals surface area contributed by atoms with E-state index in [1.165, 1.54) is 24.3 Å². The van der Waals surface area contributed by atoms with Gasteiger partial charge in [-0.2, -0.15) is 0 Å². The summed E-state index contributed by atoms with van der Waals surface area (Å²) in [5, 5.41) is 3.77. The summed E-state index contributed by atoms with van der Waals surface area (Å²) >= 11 is 13.0. The third kappa shape index (κ3) is 3.70. The maximum atomic E-state index is 12.6. The number of rotatable bonds is 5. The highest BCUT2D eigenvalue weighted by atomic mass is 35.5. The van der Waals surface area contributed by atoms with E-state index in [1.807, 2.05) is 12.1 Å². The number of thiazole rings is 1. The number of hydrogen-bond donors (Lipinski definition) is 1. The van der Waals surface area contributed by atoms with Crippen molar-refractivity contribution >= 4 is 49.5 Å². The molecule has 9 heteroatoms. The van der Waals surface area contributed by atoms with Crippen LogP contribution in [0.4, 0.5) is 5.13 Å². The lowest BCUT2D eigenvalue weighted by Crippen LogP contribution is -2.04. The second-order valence-corrected chi connectivity index (χ2v) is 8.67. The van der Waals surface area contributed by atoms with Gasteiger partial charge in [-0.25, -0.2) is 13.4 Å². The minimum absolute atomic E-state index is 0.0953. The van der Waals surface area contributed by atoms with Crippen LogP contribution in [0.2, 0.25) is 9.36 Å². The Balaban J connectivity index is 1.84. The van der Waals surface area contributed by atoms with Crippen molar-refractivity contribution in [3.63, 3.8) is 0 Å². The van der Waals surface area contributed by atoms with Crippen molar-refractivity contribution in [2.45, 2.75) is 16.5 Å². The molecule has 0 aliphatic carbocycles. The zero-order valence-electron chi connectivity index (χ0n) is 12.1.